The molecule has 0 fully saturated rings. The smallest absolute Gasteiger partial charge is 0.256 e. The van der Waals surface area contributed by atoms with Gasteiger partial charge in [0.15, 0.2) is 5.65 Å². The molecule has 6 nitrogen and oxygen atoms in total. The number of nitrogens with zero attached hydrogens (tertiary/aromatic N) is 3. The molecule has 0 aliphatic rings. The van der Waals surface area contributed by atoms with Crippen molar-refractivity contribution in [3.8, 4) is 11.3 Å². The van der Waals surface area contributed by atoms with E-state index in [2.05, 4.69) is 15.4 Å². The number of aromatic nitrogens is 3. The molecule has 3 rings (SSSR count). The van der Waals surface area contributed by atoms with Crippen LogP contribution in [0, 0.1) is 5.82 Å². The molecule has 0 unspecified atom stereocenters. The van der Waals surface area contributed by atoms with Crippen LogP contribution in [-0.4, -0.2) is 40.8 Å². The van der Waals surface area contributed by atoms with E-state index < -0.39 is 0 Å². The van der Waals surface area contributed by atoms with Gasteiger partial charge in [-0.2, -0.15) is 5.10 Å². The number of hydrogen-bond donors (Lipinski definition) is 1. The van der Waals surface area contributed by atoms with Crippen molar-refractivity contribution in [2.24, 2.45) is 0 Å². The Balaban J connectivity index is 1.90. The third kappa shape index (κ3) is 3.26. The monoisotopic (exact) mass is 328 g/mol. The highest BCUT2D eigenvalue weighted by atomic mass is 19.1. The first-order valence-corrected chi connectivity index (χ1v) is 7.56. The summed E-state index contributed by atoms with van der Waals surface area (Å²) in [4.78, 5) is 16.5. The molecule has 1 amide bonds. The van der Waals surface area contributed by atoms with E-state index in [1.165, 1.54) is 18.3 Å². The lowest BCUT2D eigenvalue weighted by molar-refractivity contribution is 0.0950. The number of amides is 1. The lowest BCUT2D eigenvalue weighted by atomic mass is 10.1. The number of rotatable bonds is 6. The largest absolute Gasteiger partial charge is 0.385 e. The van der Waals surface area contributed by atoms with E-state index >= 15 is 0 Å². The average Bonchev–Trinajstić information content (AvgIpc) is 3.02. The summed E-state index contributed by atoms with van der Waals surface area (Å²) in [6.07, 6.45) is 3.78. The maximum Gasteiger partial charge on any atom is 0.256 e. The number of ether oxygens (including phenoxy) is 1. The number of carbonyl (C=O) groups is 1. The van der Waals surface area contributed by atoms with Crippen LogP contribution >= 0.6 is 0 Å². The molecule has 0 saturated carbocycles. The van der Waals surface area contributed by atoms with Crippen LogP contribution in [0.5, 0.6) is 0 Å². The lowest BCUT2D eigenvalue weighted by Crippen LogP contribution is -2.25. The van der Waals surface area contributed by atoms with E-state index in [0.29, 0.717) is 35.6 Å². The summed E-state index contributed by atoms with van der Waals surface area (Å²) in [5.74, 6) is -0.578. The van der Waals surface area contributed by atoms with Gasteiger partial charge in [-0.15, -0.1) is 0 Å². The van der Waals surface area contributed by atoms with Crippen molar-refractivity contribution in [3.05, 3.63) is 54.1 Å². The third-order valence-electron chi connectivity index (χ3n) is 3.58. The van der Waals surface area contributed by atoms with Crippen LogP contribution in [0.1, 0.15) is 16.8 Å². The molecular weight excluding hydrogens is 311 g/mol. The van der Waals surface area contributed by atoms with Gasteiger partial charge in [0.25, 0.3) is 5.91 Å². The molecule has 0 bridgehead atoms. The average molecular weight is 328 g/mol. The van der Waals surface area contributed by atoms with Gasteiger partial charge in [-0.3, -0.25) is 4.79 Å². The van der Waals surface area contributed by atoms with Crippen molar-refractivity contribution < 1.29 is 13.9 Å². The number of nitrogens with one attached hydrogen (secondary N) is 1. The maximum atomic E-state index is 13.5. The summed E-state index contributed by atoms with van der Waals surface area (Å²) < 4.78 is 20.0. The highest BCUT2D eigenvalue weighted by Crippen LogP contribution is 2.21. The quantitative estimate of drug-likeness (QED) is 0.705. The van der Waals surface area contributed by atoms with Crippen molar-refractivity contribution >= 4 is 11.6 Å². The standard InChI is InChI=1S/C17H17FN4O2/c1-24-9-3-7-20-17(23)14-11-21-22-15(6-8-19-16(14)22)12-4-2-5-13(18)10-12/h2,4-6,8,10-11H,3,7,9H2,1H3,(H,20,23). The Hall–Kier alpha value is -2.80. The molecule has 3 aromatic rings. The molecule has 0 spiro atoms. The van der Waals surface area contributed by atoms with E-state index in [9.17, 15) is 9.18 Å². The Bertz CT molecular complexity index is 863. The van der Waals surface area contributed by atoms with Gasteiger partial charge in [0.1, 0.15) is 11.4 Å². The first-order valence-electron chi connectivity index (χ1n) is 7.56. The molecule has 2 heterocycles. The minimum Gasteiger partial charge on any atom is -0.385 e. The van der Waals surface area contributed by atoms with Crippen LogP contribution in [0.4, 0.5) is 4.39 Å². The summed E-state index contributed by atoms with van der Waals surface area (Å²) in [6.45, 7) is 1.09. The molecular formula is C17H17FN4O2. The van der Waals surface area contributed by atoms with Crippen molar-refractivity contribution in [2.75, 3.05) is 20.3 Å². The number of benzene rings is 1. The van der Waals surface area contributed by atoms with Gasteiger partial charge in [0.05, 0.1) is 11.9 Å². The summed E-state index contributed by atoms with van der Waals surface area (Å²) in [5, 5.41) is 7.04. The minimum absolute atomic E-state index is 0.245. The van der Waals surface area contributed by atoms with Crippen molar-refractivity contribution in [1.29, 1.82) is 0 Å². The van der Waals surface area contributed by atoms with Crippen molar-refractivity contribution in [2.45, 2.75) is 6.42 Å². The minimum atomic E-state index is -0.333. The highest BCUT2D eigenvalue weighted by molar-refractivity contribution is 5.99. The van der Waals surface area contributed by atoms with E-state index in [1.807, 2.05) is 0 Å². The first kappa shape index (κ1) is 16.1. The summed E-state index contributed by atoms with van der Waals surface area (Å²) >= 11 is 0. The number of methoxy groups -OCH3 is 1. The van der Waals surface area contributed by atoms with Gasteiger partial charge in [-0.25, -0.2) is 13.9 Å². The van der Waals surface area contributed by atoms with Crippen molar-refractivity contribution in [3.63, 3.8) is 0 Å². The van der Waals surface area contributed by atoms with Crippen LogP contribution < -0.4 is 5.32 Å². The molecule has 0 saturated heterocycles. The normalized spacial score (nSPS) is 10.9. The Kier molecular flexibility index (Phi) is 4.81. The molecule has 24 heavy (non-hydrogen) atoms. The summed E-state index contributed by atoms with van der Waals surface area (Å²) in [7, 11) is 1.62. The van der Waals surface area contributed by atoms with E-state index in [-0.39, 0.29) is 11.7 Å². The zero-order chi connectivity index (χ0) is 16.9. The predicted molar refractivity (Wildman–Crippen MR) is 87.2 cm³/mol. The molecule has 0 aliphatic heterocycles. The topological polar surface area (TPSA) is 68.5 Å². The fraction of sp³-hybridized carbons (Fsp3) is 0.235. The van der Waals surface area contributed by atoms with Crippen LogP contribution in [0.25, 0.3) is 16.9 Å². The molecule has 7 heteroatoms. The number of fused-ring (bicyclic) bond motifs is 1. The molecule has 0 atom stereocenters. The second-order valence-electron chi connectivity index (χ2n) is 5.24. The Labute approximate surface area is 138 Å². The Morgan fingerprint density at radius 3 is 3.04 bits per heavy atom. The van der Waals surface area contributed by atoms with Crippen molar-refractivity contribution in [1.82, 2.24) is 19.9 Å². The van der Waals surface area contributed by atoms with E-state index in [0.717, 1.165) is 6.42 Å². The van der Waals surface area contributed by atoms with Gasteiger partial charge >= 0.3 is 0 Å². The molecule has 1 aromatic carbocycles. The predicted octanol–water partition coefficient (Wildman–Crippen LogP) is 2.30. The van der Waals surface area contributed by atoms with Gasteiger partial charge in [0.2, 0.25) is 0 Å². The maximum absolute atomic E-state index is 13.5. The Morgan fingerprint density at radius 2 is 2.25 bits per heavy atom. The molecule has 1 N–H and O–H groups in total. The fourth-order valence-corrected chi connectivity index (χ4v) is 2.43. The second kappa shape index (κ2) is 7.18. The summed E-state index contributed by atoms with van der Waals surface area (Å²) in [5.41, 5.74) is 2.14. The molecule has 124 valence electrons. The van der Waals surface area contributed by atoms with E-state index in [4.69, 9.17) is 4.74 Å². The van der Waals surface area contributed by atoms with E-state index in [1.54, 1.807) is 36.0 Å². The zero-order valence-corrected chi connectivity index (χ0v) is 13.2. The fourth-order valence-electron chi connectivity index (χ4n) is 2.43. The van der Waals surface area contributed by atoms with Crippen LogP contribution in [0.3, 0.4) is 0 Å². The highest BCUT2D eigenvalue weighted by Gasteiger charge is 2.15. The van der Waals surface area contributed by atoms with Gasteiger partial charge in [-0.1, -0.05) is 12.1 Å². The first-order chi connectivity index (χ1) is 11.7. The van der Waals surface area contributed by atoms with Crippen LogP contribution in [-0.2, 0) is 4.74 Å². The molecule has 0 radical (unpaired) electrons. The number of halogens is 1. The SMILES string of the molecule is COCCCNC(=O)c1cnn2c(-c3cccc(F)c3)ccnc12. The van der Waals surface area contributed by atoms with Crippen LogP contribution in [0.2, 0.25) is 0 Å². The van der Waals surface area contributed by atoms with Crippen LogP contribution in [0.15, 0.2) is 42.7 Å². The third-order valence-corrected chi connectivity index (χ3v) is 3.58. The number of hydrogen-bond acceptors (Lipinski definition) is 4. The molecule has 0 aliphatic carbocycles. The number of carbonyl (C=O) groups excluding carboxylic acids is 1. The van der Waals surface area contributed by atoms with Gasteiger partial charge < -0.3 is 10.1 Å². The molecule has 2 aromatic heterocycles. The second-order valence-corrected chi connectivity index (χ2v) is 5.24. The zero-order valence-electron chi connectivity index (χ0n) is 13.2. The lowest BCUT2D eigenvalue weighted by Gasteiger charge is -2.06. The summed E-state index contributed by atoms with van der Waals surface area (Å²) in [6, 6.07) is 7.94. The van der Waals surface area contributed by atoms with Gasteiger partial charge in [0, 0.05) is 32.0 Å². The Morgan fingerprint density at radius 1 is 1.38 bits per heavy atom. The van der Waals surface area contributed by atoms with Gasteiger partial charge in [-0.05, 0) is 24.6 Å².